The zero-order chi connectivity index (χ0) is 22.3. The van der Waals surface area contributed by atoms with E-state index in [4.69, 9.17) is 21.7 Å². The van der Waals surface area contributed by atoms with Gasteiger partial charge in [-0.05, 0) is 80.1 Å². The fourth-order valence-electron chi connectivity index (χ4n) is 4.22. The summed E-state index contributed by atoms with van der Waals surface area (Å²) in [5.41, 5.74) is 4.28. The van der Waals surface area contributed by atoms with Crippen LogP contribution in [0.5, 0.6) is 11.5 Å². The Morgan fingerprint density at radius 1 is 1.06 bits per heavy atom. The molecule has 1 heterocycles. The van der Waals surface area contributed by atoms with Crippen LogP contribution in [0, 0.1) is 20.8 Å². The van der Waals surface area contributed by atoms with E-state index in [1.165, 1.54) is 12.3 Å². The molecular weight excluding hydrogens is 406 g/mol. The van der Waals surface area contributed by atoms with Crippen LogP contribution in [0.4, 0.5) is 5.69 Å². The van der Waals surface area contributed by atoms with Gasteiger partial charge >= 0.3 is 5.97 Å². The third kappa shape index (κ3) is 3.90. The van der Waals surface area contributed by atoms with E-state index in [0.717, 1.165) is 51.9 Å². The molecule has 5 heteroatoms. The fourth-order valence-corrected chi connectivity index (χ4v) is 4.48. The van der Waals surface area contributed by atoms with Gasteiger partial charge in [-0.1, -0.05) is 42.5 Å². The third-order valence-corrected chi connectivity index (χ3v) is 6.76. The number of fused-ring (bicyclic) bond motifs is 2. The smallest absolute Gasteiger partial charge is 0.308 e. The Balaban J connectivity index is 1.63. The molecule has 0 saturated heterocycles. The summed E-state index contributed by atoms with van der Waals surface area (Å²) in [5, 5.41) is 5.75. The highest BCUT2D eigenvalue weighted by Gasteiger charge is 2.38. The van der Waals surface area contributed by atoms with Gasteiger partial charge in [0.1, 0.15) is 16.5 Å². The average Bonchev–Trinajstić information content (AvgIpc) is 2.75. The number of thiocarbonyl (C=S) groups is 1. The minimum atomic E-state index is -0.624. The van der Waals surface area contributed by atoms with E-state index >= 15 is 0 Å². The van der Waals surface area contributed by atoms with Gasteiger partial charge in [0.05, 0.1) is 0 Å². The molecule has 31 heavy (non-hydrogen) atoms. The summed E-state index contributed by atoms with van der Waals surface area (Å²) < 4.78 is 12.1. The zero-order valence-corrected chi connectivity index (χ0v) is 19.4. The summed E-state index contributed by atoms with van der Waals surface area (Å²) in [7, 11) is 0. The fraction of sp³-hybridized carbons (Fsp3) is 0.308. The topological polar surface area (TPSA) is 47.6 Å². The highest BCUT2D eigenvalue weighted by atomic mass is 32.1. The summed E-state index contributed by atoms with van der Waals surface area (Å²) in [6.07, 6.45) is 1.54. The number of carbonyl (C=O) groups excluding carboxylic acids is 1. The second-order valence-electron chi connectivity index (χ2n) is 8.45. The van der Waals surface area contributed by atoms with Gasteiger partial charge in [-0.2, -0.15) is 0 Å². The first-order valence-electron chi connectivity index (χ1n) is 10.5. The number of benzene rings is 3. The molecule has 1 aliphatic rings. The number of hydrogen-bond acceptors (Lipinski definition) is 4. The molecule has 0 bridgehead atoms. The minimum absolute atomic E-state index is 0.312. The molecule has 0 aliphatic carbocycles. The Morgan fingerprint density at radius 3 is 2.48 bits per heavy atom. The lowest BCUT2D eigenvalue weighted by atomic mass is 9.87. The first-order valence-corrected chi connectivity index (χ1v) is 10.9. The summed E-state index contributed by atoms with van der Waals surface area (Å²) >= 11 is 5.81. The first kappa shape index (κ1) is 21.3. The summed E-state index contributed by atoms with van der Waals surface area (Å²) in [4.78, 5) is 12.2. The lowest BCUT2D eigenvalue weighted by molar-refractivity contribution is -0.132. The summed E-state index contributed by atoms with van der Waals surface area (Å²) in [5.74, 6) is 1.18. The molecule has 3 aromatic rings. The van der Waals surface area contributed by atoms with Crippen molar-refractivity contribution in [2.45, 2.75) is 53.1 Å². The van der Waals surface area contributed by atoms with Crippen LogP contribution in [-0.2, 0) is 11.2 Å². The van der Waals surface area contributed by atoms with Crippen molar-refractivity contribution in [2.75, 3.05) is 5.32 Å². The number of nitrogens with one attached hydrogen (secondary N) is 1. The molecule has 4 nitrogen and oxygen atoms in total. The maximum Gasteiger partial charge on any atom is 0.308 e. The maximum absolute atomic E-state index is 11.6. The van der Waals surface area contributed by atoms with Crippen LogP contribution in [-0.4, -0.2) is 16.6 Å². The Labute approximate surface area is 188 Å². The lowest BCUT2D eigenvalue weighted by Gasteiger charge is -2.38. The van der Waals surface area contributed by atoms with Gasteiger partial charge in [0, 0.05) is 18.2 Å². The average molecular weight is 434 g/mol. The van der Waals surface area contributed by atoms with Crippen LogP contribution in [0.25, 0.3) is 10.8 Å². The van der Waals surface area contributed by atoms with Gasteiger partial charge in [-0.25, -0.2) is 0 Å². The van der Waals surface area contributed by atoms with E-state index in [-0.39, 0.29) is 5.97 Å². The molecule has 1 atom stereocenters. The Bertz CT molecular complexity index is 1220. The van der Waals surface area contributed by atoms with Crippen molar-refractivity contribution in [3.8, 4) is 11.5 Å². The van der Waals surface area contributed by atoms with Crippen molar-refractivity contribution >= 4 is 39.6 Å². The van der Waals surface area contributed by atoms with E-state index in [0.29, 0.717) is 10.7 Å². The highest BCUT2D eigenvalue weighted by molar-refractivity contribution is 7.80. The maximum atomic E-state index is 11.6. The van der Waals surface area contributed by atoms with Crippen molar-refractivity contribution in [1.82, 2.24) is 0 Å². The number of anilines is 1. The first-order chi connectivity index (χ1) is 14.7. The SMILES string of the molecule is CC(=O)Oc1c(C)c(C)c2c(c1C)CCC(C)(C(=S)Nc1ccc3ccccc3c1)O2. The van der Waals surface area contributed by atoms with Crippen LogP contribution in [0.2, 0.25) is 0 Å². The van der Waals surface area contributed by atoms with Crippen LogP contribution >= 0.6 is 12.2 Å². The molecule has 160 valence electrons. The molecule has 0 amide bonds. The largest absolute Gasteiger partial charge is 0.480 e. The van der Waals surface area contributed by atoms with Crippen molar-refractivity contribution in [3.05, 3.63) is 64.7 Å². The van der Waals surface area contributed by atoms with Crippen molar-refractivity contribution < 1.29 is 14.3 Å². The molecule has 1 aliphatic heterocycles. The van der Waals surface area contributed by atoms with Crippen LogP contribution in [0.1, 0.15) is 42.5 Å². The second kappa shape index (κ2) is 7.97. The van der Waals surface area contributed by atoms with Gasteiger partial charge in [0.25, 0.3) is 0 Å². The Kier molecular flexibility index (Phi) is 5.48. The quantitative estimate of drug-likeness (QED) is 0.302. The van der Waals surface area contributed by atoms with Crippen molar-refractivity contribution in [3.63, 3.8) is 0 Å². The van der Waals surface area contributed by atoms with E-state index < -0.39 is 5.60 Å². The van der Waals surface area contributed by atoms with E-state index in [9.17, 15) is 4.79 Å². The Morgan fingerprint density at radius 2 is 1.77 bits per heavy atom. The highest BCUT2D eigenvalue weighted by Crippen LogP contribution is 2.44. The minimum Gasteiger partial charge on any atom is -0.480 e. The molecule has 0 saturated carbocycles. The zero-order valence-electron chi connectivity index (χ0n) is 18.6. The molecular formula is C26H27NO3S. The van der Waals surface area contributed by atoms with Gasteiger partial charge in [-0.3, -0.25) is 4.79 Å². The lowest BCUT2D eigenvalue weighted by Crippen LogP contribution is -2.47. The van der Waals surface area contributed by atoms with Crippen LogP contribution in [0.15, 0.2) is 42.5 Å². The van der Waals surface area contributed by atoms with E-state index in [2.05, 4.69) is 29.6 Å². The van der Waals surface area contributed by atoms with Crippen LogP contribution in [0.3, 0.4) is 0 Å². The molecule has 0 aromatic heterocycles. The monoisotopic (exact) mass is 433 g/mol. The number of carbonyl (C=O) groups is 1. The molecule has 1 N–H and O–H groups in total. The van der Waals surface area contributed by atoms with Crippen molar-refractivity contribution in [1.29, 1.82) is 0 Å². The normalized spacial score (nSPS) is 17.6. The molecule has 4 rings (SSSR count). The Hall–Kier alpha value is -2.92. The van der Waals surface area contributed by atoms with Gasteiger partial charge < -0.3 is 14.8 Å². The van der Waals surface area contributed by atoms with Crippen molar-refractivity contribution in [2.24, 2.45) is 0 Å². The predicted molar refractivity (Wildman–Crippen MR) is 129 cm³/mol. The van der Waals surface area contributed by atoms with Gasteiger partial charge in [0.2, 0.25) is 0 Å². The molecule has 0 spiro atoms. The molecule has 1 unspecified atom stereocenters. The third-order valence-electron chi connectivity index (χ3n) is 6.22. The predicted octanol–water partition coefficient (Wildman–Crippen LogP) is 6.21. The number of hydrogen-bond donors (Lipinski definition) is 1. The van der Waals surface area contributed by atoms with Gasteiger partial charge in [0.15, 0.2) is 5.60 Å². The summed E-state index contributed by atoms with van der Waals surface area (Å²) in [6.45, 7) is 9.42. The van der Waals surface area contributed by atoms with Gasteiger partial charge in [-0.15, -0.1) is 0 Å². The van der Waals surface area contributed by atoms with E-state index in [1.807, 2.05) is 45.9 Å². The van der Waals surface area contributed by atoms with Crippen LogP contribution < -0.4 is 14.8 Å². The molecule has 3 aromatic carbocycles. The number of ether oxygens (including phenoxy) is 2. The second-order valence-corrected chi connectivity index (χ2v) is 8.86. The molecule has 0 fully saturated rings. The number of rotatable bonds is 3. The number of esters is 1. The molecule has 0 radical (unpaired) electrons. The summed E-state index contributed by atoms with van der Waals surface area (Å²) in [6, 6.07) is 14.5. The van der Waals surface area contributed by atoms with E-state index in [1.54, 1.807) is 0 Å². The standard InChI is InChI=1S/C26H27NO3S/c1-15-16(2)24-22(17(3)23(15)29-18(4)28)12-13-26(5,30-24)25(31)27-21-11-10-19-8-6-7-9-20(19)14-21/h6-11,14H,12-13H2,1-5H3,(H,27,31).